The number of carbonyl (C=O) groups is 1. The van der Waals surface area contributed by atoms with E-state index in [1.807, 2.05) is 0 Å². The number of aliphatic hydroxyl groups is 1. The Morgan fingerprint density at radius 3 is 2.67 bits per heavy atom. The molecule has 1 aromatic rings. The number of aromatic nitrogens is 1. The van der Waals surface area contributed by atoms with Crippen LogP contribution in [0.3, 0.4) is 0 Å². The summed E-state index contributed by atoms with van der Waals surface area (Å²) in [6.07, 6.45) is 9.11. The van der Waals surface area contributed by atoms with Crippen molar-refractivity contribution >= 4 is 5.91 Å². The number of carbonyl (C=O) groups excluding carboxylic acids is 1. The zero-order valence-corrected chi connectivity index (χ0v) is 12.3. The highest BCUT2D eigenvalue weighted by Gasteiger charge is 2.16. The Bertz CT molecular complexity index is 506. The monoisotopic (exact) mass is 286 g/mol. The van der Waals surface area contributed by atoms with E-state index in [9.17, 15) is 4.79 Å². The Labute approximate surface area is 126 Å². The van der Waals surface area contributed by atoms with Gasteiger partial charge in [0.15, 0.2) is 0 Å². The van der Waals surface area contributed by atoms with Crippen molar-refractivity contribution in [3.8, 4) is 11.8 Å². The van der Waals surface area contributed by atoms with Crippen molar-refractivity contribution in [2.45, 2.75) is 51.0 Å². The largest absolute Gasteiger partial charge is 0.395 e. The quantitative estimate of drug-likeness (QED) is 0.662. The summed E-state index contributed by atoms with van der Waals surface area (Å²) in [5.41, 5.74) is 1.20. The van der Waals surface area contributed by atoms with E-state index in [-0.39, 0.29) is 18.6 Å². The van der Waals surface area contributed by atoms with Gasteiger partial charge in [0.05, 0.1) is 6.61 Å². The molecule has 0 spiro atoms. The topological polar surface area (TPSA) is 62.2 Å². The lowest BCUT2D eigenvalue weighted by Gasteiger charge is -2.15. The molecule has 112 valence electrons. The number of amides is 1. The van der Waals surface area contributed by atoms with Crippen molar-refractivity contribution in [3.63, 3.8) is 0 Å². The number of rotatable bonds is 3. The first kappa shape index (κ1) is 15.5. The van der Waals surface area contributed by atoms with E-state index in [0.717, 1.165) is 18.4 Å². The van der Waals surface area contributed by atoms with Crippen LogP contribution < -0.4 is 5.32 Å². The van der Waals surface area contributed by atoms with Crippen molar-refractivity contribution in [2.75, 3.05) is 6.61 Å². The SMILES string of the molecule is O=C(NC1CCCCCC1)c1ccc(C#CCCO)cn1. The van der Waals surface area contributed by atoms with Crippen LogP contribution in [0.15, 0.2) is 18.3 Å². The van der Waals surface area contributed by atoms with Crippen LogP contribution in [0.25, 0.3) is 0 Å². The Balaban J connectivity index is 1.91. The fraction of sp³-hybridized carbons (Fsp3) is 0.529. The fourth-order valence-electron chi connectivity index (χ4n) is 2.51. The molecule has 4 nitrogen and oxygen atoms in total. The Kier molecular flexibility index (Phi) is 6.23. The molecule has 21 heavy (non-hydrogen) atoms. The molecule has 1 fully saturated rings. The van der Waals surface area contributed by atoms with E-state index in [1.54, 1.807) is 18.3 Å². The number of nitrogens with zero attached hydrogens (tertiary/aromatic N) is 1. The molecular formula is C17H22N2O2. The molecule has 1 aliphatic carbocycles. The van der Waals surface area contributed by atoms with Crippen LogP contribution in [0.2, 0.25) is 0 Å². The molecule has 1 aromatic heterocycles. The van der Waals surface area contributed by atoms with Crippen molar-refractivity contribution in [2.24, 2.45) is 0 Å². The minimum Gasteiger partial charge on any atom is -0.395 e. The molecule has 1 aliphatic rings. The first-order valence-corrected chi connectivity index (χ1v) is 7.66. The molecule has 0 aliphatic heterocycles. The van der Waals surface area contributed by atoms with Gasteiger partial charge in [-0.2, -0.15) is 0 Å². The third-order valence-corrected chi connectivity index (χ3v) is 3.66. The van der Waals surface area contributed by atoms with Gasteiger partial charge >= 0.3 is 0 Å². The molecule has 0 atom stereocenters. The maximum atomic E-state index is 12.2. The Morgan fingerprint density at radius 1 is 1.29 bits per heavy atom. The zero-order chi connectivity index (χ0) is 14.9. The number of pyridine rings is 1. The Morgan fingerprint density at radius 2 is 2.05 bits per heavy atom. The van der Waals surface area contributed by atoms with Gasteiger partial charge < -0.3 is 10.4 Å². The molecule has 4 heteroatoms. The molecule has 0 aromatic carbocycles. The van der Waals surface area contributed by atoms with Gasteiger partial charge in [0.2, 0.25) is 0 Å². The second-order valence-corrected chi connectivity index (χ2v) is 5.37. The molecule has 2 N–H and O–H groups in total. The van der Waals surface area contributed by atoms with Crippen molar-refractivity contribution in [1.82, 2.24) is 10.3 Å². The van der Waals surface area contributed by atoms with Gasteiger partial charge in [0.25, 0.3) is 5.91 Å². The second kappa shape index (κ2) is 8.43. The van der Waals surface area contributed by atoms with Gasteiger partial charge in [-0.15, -0.1) is 0 Å². The predicted molar refractivity (Wildman–Crippen MR) is 81.8 cm³/mol. The number of nitrogens with one attached hydrogen (secondary N) is 1. The van der Waals surface area contributed by atoms with Crippen LogP contribution in [0.5, 0.6) is 0 Å². The molecule has 1 amide bonds. The van der Waals surface area contributed by atoms with Crippen molar-refractivity contribution in [3.05, 3.63) is 29.6 Å². The molecule has 0 bridgehead atoms. The highest BCUT2D eigenvalue weighted by molar-refractivity contribution is 5.92. The molecule has 1 saturated carbocycles. The van der Waals surface area contributed by atoms with Crippen LogP contribution >= 0.6 is 0 Å². The lowest BCUT2D eigenvalue weighted by molar-refractivity contribution is 0.0928. The van der Waals surface area contributed by atoms with Crippen molar-refractivity contribution in [1.29, 1.82) is 0 Å². The minimum absolute atomic E-state index is 0.0578. The Hall–Kier alpha value is -1.86. The van der Waals surface area contributed by atoms with E-state index in [0.29, 0.717) is 12.1 Å². The minimum atomic E-state index is -0.100. The summed E-state index contributed by atoms with van der Waals surface area (Å²) in [5, 5.41) is 11.7. The van der Waals surface area contributed by atoms with Gasteiger partial charge in [-0.1, -0.05) is 37.5 Å². The first-order chi connectivity index (χ1) is 10.3. The average Bonchev–Trinajstić information content (AvgIpc) is 2.77. The second-order valence-electron chi connectivity index (χ2n) is 5.37. The maximum absolute atomic E-state index is 12.2. The van der Waals surface area contributed by atoms with Gasteiger partial charge in [0, 0.05) is 24.2 Å². The highest BCUT2D eigenvalue weighted by atomic mass is 16.2. The van der Waals surface area contributed by atoms with Gasteiger partial charge in [-0.25, -0.2) is 4.98 Å². The van der Waals surface area contributed by atoms with Crippen LogP contribution in [0.4, 0.5) is 0 Å². The summed E-state index contributed by atoms with van der Waals surface area (Å²) in [4.78, 5) is 16.3. The lowest BCUT2D eigenvalue weighted by Crippen LogP contribution is -2.34. The summed E-state index contributed by atoms with van der Waals surface area (Å²) in [7, 11) is 0. The summed E-state index contributed by atoms with van der Waals surface area (Å²) < 4.78 is 0. The third-order valence-electron chi connectivity index (χ3n) is 3.66. The summed E-state index contributed by atoms with van der Waals surface area (Å²) in [6.45, 7) is 0.0578. The maximum Gasteiger partial charge on any atom is 0.270 e. The van der Waals surface area contributed by atoms with E-state index in [2.05, 4.69) is 22.1 Å². The number of hydrogen-bond acceptors (Lipinski definition) is 3. The summed E-state index contributed by atoms with van der Waals surface area (Å²) >= 11 is 0. The molecule has 0 saturated heterocycles. The standard InChI is InChI=1S/C17H22N2O2/c20-12-6-5-7-14-10-11-16(18-13-14)17(21)19-15-8-3-1-2-4-9-15/h10-11,13,15,20H,1-4,6,8-9,12H2,(H,19,21). The van der Waals surface area contributed by atoms with Crippen molar-refractivity contribution < 1.29 is 9.90 Å². The normalized spacial score (nSPS) is 15.7. The van der Waals surface area contributed by atoms with Gasteiger partial charge in [0.1, 0.15) is 5.69 Å². The summed E-state index contributed by atoms with van der Waals surface area (Å²) in [5.74, 6) is 5.63. The average molecular weight is 286 g/mol. The third kappa shape index (κ3) is 5.20. The van der Waals surface area contributed by atoms with E-state index in [4.69, 9.17) is 5.11 Å². The van der Waals surface area contributed by atoms with E-state index in [1.165, 1.54) is 25.7 Å². The first-order valence-electron chi connectivity index (χ1n) is 7.66. The molecule has 1 heterocycles. The van der Waals surface area contributed by atoms with Crippen LogP contribution in [0, 0.1) is 11.8 Å². The van der Waals surface area contributed by atoms with Crippen LogP contribution in [-0.2, 0) is 0 Å². The number of aliphatic hydroxyl groups excluding tert-OH is 1. The molecule has 0 unspecified atom stereocenters. The van der Waals surface area contributed by atoms with Crippen LogP contribution in [0.1, 0.15) is 61.0 Å². The van der Waals surface area contributed by atoms with E-state index < -0.39 is 0 Å². The highest BCUT2D eigenvalue weighted by Crippen LogP contribution is 2.17. The number of hydrogen-bond donors (Lipinski definition) is 2. The van der Waals surface area contributed by atoms with Gasteiger partial charge in [-0.05, 0) is 25.0 Å². The molecule has 0 radical (unpaired) electrons. The lowest BCUT2D eigenvalue weighted by atomic mass is 10.1. The predicted octanol–water partition coefficient (Wildman–Crippen LogP) is 2.27. The van der Waals surface area contributed by atoms with Gasteiger partial charge in [-0.3, -0.25) is 4.79 Å². The summed E-state index contributed by atoms with van der Waals surface area (Å²) in [6, 6.07) is 3.78. The van der Waals surface area contributed by atoms with E-state index >= 15 is 0 Å². The van der Waals surface area contributed by atoms with Crippen LogP contribution in [-0.4, -0.2) is 28.6 Å². The zero-order valence-electron chi connectivity index (χ0n) is 12.3. The smallest absolute Gasteiger partial charge is 0.270 e. The molecular weight excluding hydrogens is 264 g/mol. The fourth-order valence-corrected chi connectivity index (χ4v) is 2.51. The molecule has 2 rings (SSSR count).